The predicted molar refractivity (Wildman–Crippen MR) is 96.3 cm³/mol. The van der Waals surface area contributed by atoms with Gasteiger partial charge < -0.3 is 19.9 Å². The molecular weight excluding hydrogens is 338 g/mol. The molecule has 0 heterocycles. The van der Waals surface area contributed by atoms with E-state index in [-0.39, 0.29) is 11.8 Å². The second-order valence-electron chi connectivity index (χ2n) is 8.41. The van der Waals surface area contributed by atoms with Gasteiger partial charge in [0.25, 0.3) is 0 Å². The minimum atomic E-state index is -1.31. The van der Waals surface area contributed by atoms with Crippen molar-refractivity contribution in [1.29, 1.82) is 0 Å². The van der Waals surface area contributed by atoms with Crippen molar-refractivity contribution in [3.8, 4) is 0 Å². The molecule has 150 valence electrons. The Bertz CT molecular complexity index is 491. The van der Waals surface area contributed by atoms with E-state index in [1.165, 1.54) is 0 Å². The van der Waals surface area contributed by atoms with Crippen LogP contribution in [0, 0.1) is 11.8 Å². The van der Waals surface area contributed by atoms with E-state index < -0.39 is 35.8 Å². The van der Waals surface area contributed by atoms with E-state index in [1.54, 1.807) is 20.8 Å². The quantitative estimate of drug-likeness (QED) is 0.550. The Morgan fingerprint density at radius 1 is 1.08 bits per heavy atom. The van der Waals surface area contributed by atoms with E-state index in [4.69, 9.17) is 9.47 Å². The molecule has 0 spiro atoms. The van der Waals surface area contributed by atoms with Crippen molar-refractivity contribution < 1.29 is 29.0 Å². The van der Waals surface area contributed by atoms with Crippen molar-refractivity contribution in [1.82, 2.24) is 5.32 Å². The standard InChI is InChI=1S/C19H33NO6/c1-12(2)11-14(20-18(24)26-19(3,4)5)16(22)25-17(23)15(21)13-9-7-6-8-10-13/h12-15,21H,6-11H2,1-5H3,(H,20,24)/t14-,15?/m0/s1. The molecule has 0 aromatic carbocycles. The van der Waals surface area contributed by atoms with E-state index in [0.29, 0.717) is 6.42 Å². The number of carbonyl (C=O) groups excluding carboxylic acids is 3. The second-order valence-corrected chi connectivity index (χ2v) is 8.41. The van der Waals surface area contributed by atoms with Gasteiger partial charge in [-0.05, 0) is 51.9 Å². The summed E-state index contributed by atoms with van der Waals surface area (Å²) in [6.07, 6.45) is 2.74. The third kappa shape index (κ3) is 8.17. The summed E-state index contributed by atoms with van der Waals surface area (Å²) in [7, 11) is 0. The summed E-state index contributed by atoms with van der Waals surface area (Å²) < 4.78 is 10.0. The third-order valence-electron chi connectivity index (χ3n) is 4.22. The molecule has 7 nitrogen and oxygen atoms in total. The van der Waals surface area contributed by atoms with Gasteiger partial charge in [0.05, 0.1) is 0 Å². The Hall–Kier alpha value is -1.63. The lowest BCUT2D eigenvalue weighted by Crippen LogP contribution is -2.46. The molecular formula is C19H33NO6. The molecule has 0 aliphatic heterocycles. The Morgan fingerprint density at radius 3 is 2.15 bits per heavy atom. The van der Waals surface area contributed by atoms with E-state index in [1.807, 2.05) is 13.8 Å². The van der Waals surface area contributed by atoms with Crippen LogP contribution in [0.2, 0.25) is 0 Å². The largest absolute Gasteiger partial charge is 0.444 e. The molecule has 2 atom stereocenters. The zero-order valence-electron chi connectivity index (χ0n) is 16.5. The van der Waals surface area contributed by atoms with Gasteiger partial charge in [0.2, 0.25) is 0 Å². The Balaban J connectivity index is 2.66. The van der Waals surface area contributed by atoms with E-state index >= 15 is 0 Å². The van der Waals surface area contributed by atoms with Gasteiger partial charge >= 0.3 is 18.0 Å². The first-order valence-electron chi connectivity index (χ1n) is 9.42. The Morgan fingerprint density at radius 2 is 1.65 bits per heavy atom. The highest BCUT2D eigenvalue weighted by molar-refractivity contribution is 5.92. The summed E-state index contributed by atoms with van der Waals surface area (Å²) in [4.78, 5) is 36.4. The van der Waals surface area contributed by atoms with Gasteiger partial charge in [-0.2, -0.15) is 0 Å². The lowest BCUT2D eigenvalue weighted by Gasteiger charge is -2.26. The number of nitrogens with one attached hydrogen (secondary N) is 1. The topological polar surface area (TPSA) is 102 Å². The van der Waals surface area contributed by atoms with Crippen LogP contribution in [-0.4, -0.2) is 40.9 Å². The molecule has 0 aromatic heterocycles. The minimum Gasteiger partial charge on any atom is -0.444 e. The molecule has 1 aliphatic rings. The maximum Gasteiger partial charge on any atom is 0.408 e. The molecule has 1 fully saturated rings. The number of alkyl carbamates (subject to hydrolysis) is 1. The zero-order chi connectivity index (χ0) is 19.9. The maximum atomic E-state index is 12.4. The summed E-state index contributed by atoms with van der Waals surface area (Å²) in [6, 6.07) is -1.01. The molecule has 0 saturated heterocycles. The summed E-state index contributed by atoms with van der Waals surface area (Å²) in [5, 5.41) is 12.6. The summed E-state index contributed by atoms with van der Waals surface area (Å²) in [5.41, 5.74) is -0.705. The number of amides is 1. The van der Waals surface area contributed by atoms with Gasteiger partial charge in [0.1, 0.15) is 11.6 Å². The number of carbonyl (C=O) groups is 3. The predicted octanol–water partition coefficient (Wildman–Crippen LogP) is 2.94. The van der Waals surface area contributed by atoms with Crippen LogP contribution in [0.4, 0.5) is 4.79 Å². The van der Waals surface area contributed by atoms with Crippen molar-refractivity contribution in [3.05, 3.63) is 0 Å². The average Bonchev–Trinajstić information content (AvgIpc) is 2.52. The van der Waals surface area contributed by atoms with Crippen LogP contribution in [0.25, 0.3) is 0 Å². The minimum absolute atomic E-state index is 0.0841. The van der Waals surface area contributed by atoms with Crippen LogP contribution >= 0.6 is 0 Å². The van der Waals surface area contributed by atoms with Gasteiger partial charge in [-0.3, -0.25) is 0 Å². The molecule has 2 N–H and O–H groups in total. The smallest absolute Gasteiger partial charge is 0.408 e. The molecule has 1 amide bonds. The van der Waals surface area contributed by atoms with E-state index in [0.717, 1.165) is 32.1 Å². The van der Waals surface area contributed by atoms with Crippen LogP contribution in [0.3, 0.4) is 0 Å². The highest BCUT2D eigenvalue weighted by Crippen LogP contribution is 2.27. The fourth-order valence-electron chi connectivity index (χ4n) is 3.01. The molecule has 26 heavy (non-hydrogen) atoms. The maximum absolute atomic E-state index is 12.4. The summed E-state index contributed by atoms with van der Waals surface area (Å²) in [5.74, 6) is -1.90. The highest BCUT2D eigenvalue weighted by Gasteiger charge is 2.33. The number of rotatable bonds is 6. The number of esters is 2. The number of hydrogen-bond acceptors (Lipinski definition) is 6. The van der Waals surface area contributed by atoms with Crippen LogP contribution in [-0.2, 0) is 19.1 Å². The second kappa shape index (κ2) is 9.90. The number of aliphatic hydroxyl groups is 1. The first-order valence-corrected chi connectivity index (χ1v) is 9.42. The van der Waals surface area contributed by atoms with E-state index in [2.05, 4.69) is 5.32 Å². The van der Waals surface area contributed by atoms with Gasteiger partial charge in [-0.25, -0.2) is 14.4 Å². The van der Waals surface area contributed by atoms with Crippen LogP contribution < -0.4 is 5.32 Å². The number of hydrogen-bond donors (Lipinski definition) is 2. The van der Waals surface area contributed by atoms with Crippen molar-refractivity contribution in [3.63, 3.8) is 0 Å². The molecule has 7 heteroatoms. The fourth-order valence-corrected chi connectivity index (χ4v) is 3.01. The van der Waals surface area contributed by atoms with Crippen LogP contribution in [0.15, 0.2) is 0 Å². The van der Waals surface area contributed by atoms with Gasteiger partial charge in [-0.15, -0.1) is 0 Å². The normalized spacial score (nSPS) is 18.1. The molecule has 0 aromatic rings. The monoisotopic (exact) mass is 371 g/mol. The molecule has 1 rings (SSSR count). The zero-order valence-corrected chi connectivity index (χ0v) is 16.5. The first-order chi connectivity index (χ1) is 12.0. The van der Waals surface area contributed by atoms with Crippen LogP contribution in [0.5, 0.6) is 0 Å². The van der Waals surface area contributed by atoms with Gasteiger partial charge in [0.15, 0.2) is 6.10 Å². The number of aliphatic hydroxyl groups excluding tert-OH is 1. The summed E-state index contributed by atoms with van der Waals surface area (Å²) in [6.45, 7) is 8.91. The van der Waals surface area contributed by atoms with Gasteiger partial charge in [0, 0.05) is 0 Å². The van der Waals surface area contributed by atoms with Crippen molar-refractivity contribution in [2.24, 2.45) is 11.8 Å². The molecule has 0 radical (unpaired) electrons. The molecule has 1 saturated carbocycles. The summed E-state index contributed by atoms with van der Waals surface area (Å²) >= 11 is 0. The third-order valence-corrected chi connectivity index (χ3v) is 4.22. The van der Waals surface area contributed by atoms with Gasteiger partial charge in [-0.1, -0.05) is 33.1 Å². The lowest BCUT2D eigenvalue weighted by atomic mass is 9.85. The highest BCUT2D eigenvalue weighted by atomic mass is 16.6. The van der Waals surface area contributed by atoms with Crippen molar-refractivity contribution >= 4 is 18.0 Å². The van der Waals surface area contributed by atoms with Crippen molar-refractivity contribution in [2.45, 2.75) is 90.9 Å². The van der Waals surface area contributed by atoms with Crippen molar-refractivity contribution in [2.75, 3.05) is 0 Å². The number of ether oxygens (including phenoxy) is 2. The Kier molecular flexibility index (Phi) is 8.53. The lowest BCUT2D eigenvalue weighted by molar-refractivity contribution is -0.170. The van der Waals surface area contributed by atoms with Crippen LogP contribution in [0.1, 0.15) is 73.1 Å². The van der Waals surface area contributed by atoms with E-state index in [9.17, 15) is 19.5 Å². The average molecular weight is 371 g/mol. The fraction of sp³-hybridized carbons (Fsp3) is 0.842. The molecule has 1 unspecified atom stereocenters. The Labute approximate surface area is 155 Å². The molecule has 1 aliphatic carbocycles. The first kappa shape index (κ1) is 22.4. The molecule has 0 bridgehead atoms. The SMILES string of the molecule is CC(C)C[C@H](NC(=O)OC(C)(C)C)C(=O)OC(=O)C(O)C1CCCCC1.